The van der Waals surface area contributed by atoms with Crippen molar-refractivity contribution in [3.63, 3.8) is 0 Å². The van der Waals surface area contributed by atoms with Gasteiger partial charge in [0.15, 0.2) is 0 Å². The lowest BCUT2D eigenvalue weighted by molar-refractivity contribution is -0.121. The lowest BCUT2D eigenvalue weighted by Crippen LogP contribution is -2.40. The van der Waals surface area contributed by atoms with Crippen LogP contribution in [0.1, 0.15) is 24.3 Å². The fourth-order valence-corrected chi connectivity index (χ4v) is 3.74. The maximum absolute atomic E-state index is 12.4. The standard InChI is InChI=1S/C14H16ClN3O2S2/c1-3-16-12(19)7-18(4-2)14(20)9-8-21-13(17-9)10-5-6-11(15)22-10/h5-6,8H,3-4,7H2,1-2H3,(H,16,19). The van der Waals surface area contributed by atoms with Crippen molar-refractivity contribution in [1.29, 1.82) is 0 Å². The predicted octanol–water partition coefficient (Wildman–Crippen LogP) is 3.12. The molecule has 0 aliphatic rings. The monoisotopic (exact) mass is 357 g/mol. The van der Waals surface area contributed by atoms with Gasteiger partial charge in [0, 0.05) is 18.5 Å². The van der Waals surface area contributed by atoms with Crippen LogP contribution in [-0.4, -0.2) is 41.3 Å². The number of halogens is 1. The van der Waals surface area contributed by atoms with Crippen LogP contribution in [0.15, 0.2) is 17.5 Å². The molecule has 0 saturated heterocycles. The van der Waals surface area contributed by atoms with Gasteiger partial charge in [0.25, 0.3) is 5.91 Å². The van der Waals surface area contributed by atoms with E-state index in [2.05, 4.69) is 10.3 Å². The van der Waals surface area contributed by atoms with Gasteiger partial charge in [-0.2, -0.15) is 0 Å². The molecule has 0 aliphatic heterocycles. The van der Waals surface area contributed by atoms with Crippen LogP contribution in [0.5, 0.6) is 0 Å². The third kappa shape index (κ3) is 4.06. The van der Waals surface area contributed by atoms with E-state index in [1.165, 1.54) is 27.6 Å². The van der Waals surface area contributed by atoms with Gasteiger partial charge in [-0.1, -0.05) is 11.6 Å². The highest BCUT2D eigenvalue weighted by atomic mass is 35.5. The molecule has 8 heteroatoms. The van der Waals surface area contributed by atoms with Gasteiger partial charge in [-0.15, -0.1) is 22.7 Å². The van der Waals surface area contributed by atoms with Gasteiger partial charge in [0.1, 0.15) is 10.7 Å². The largest absolute Gasteiger partial charge is 0.355 e. The van der Waals surface area contributed by atoms with Crippen LogP contribution in [0, 0.1) is 0 Å². The molecule has 0 unspecified atom stereocenters. The van der Waals surface area contributed by atoms with E-state index < -0.39 is 0 Å². The van der Waals surface area contributed by atoms with Gasteiger partial charge < -0.3 is 10.2 Å². The van der Waals surface area contributed by atoms with Crippen molar-refractivity contribution < 1.29 is 9.59 Å². The Morgan fingerprint density at radius 2 is 2.14 bits per heavy atom. The van der Waals surface area contributed by atoms with Gasteiger partial charge in [-0.3, -0.25) is 9.59 Å². The fourth-order valence-electron chi connectivity index (χ4n) is 1.83. The Hall–Kier alpha value is -1.44. The molecule has 0 fully saturated rings. The van der Waals surface area contributed by atoms with Crippen LogP contribution in [-0.2, 0) is 4.79 Å². The zero-order valence-corrected chi connectivity index (χ0v) is 14.6. The van der Waals surface area contributed by atoms with E-state index in [9.17, 15) is 9.59 Å². The molecule has 0 spiro atoms. The second-order valence-electron chi connectivity index (χ2n) is 4.41. The average Bonchev–Trinajstić information content (AvgIpc) is 3.13. The number of amides is 2. The van der Waals surface area contributed by atoms with Crippen molar-refractivity contribution in [3.05, 3.63) is 27.5 Å². The summed E-state index contributed by atoms with van der Waals surface area (Å²) in [5.74, 6) is -0.405. The summed E-state index contributed by atoms with van der Waals surface area (Å²) < 4.78 is 0.685. The summed E-state index contributed by atoms with van der Waals surface area (Å²) in [6.45, 7) is 4.72. The summed E-state index contributed by atoms with van der Waals surface area (Å²) in [7, 11) is 0. The SMILES string of the molecule is CCNC(=O)CN(CC)C(=O)c1csc(-c2ccc(Cl)s2)n1. The number of thiophene rings is 1. The minimum absolute atomic E-state index is 0.0425. The van der Waals surface area contributed by atoms with Gasteiger partial charge >= 0.3 is 0 Å². The topological polar surface area (TPSA) is 62.3 Å². The molecule has 5 nitrogen and oxygen atoms in total. The average molecular weight is 358 g/mol. The van der Waals surface area contributed by atoms with E-state index in [4.69, 9.17) is 11.6 Å². The molecular weight excluding hydrogens is 342 g/mol. The second kappa shape index (κ2) is 7.71. The van der Waals surface area contributed by atoms with Crippen LogP contribution in [0.4, 0.5) is 0 Å². The molecule has 2 aromatic heterocycles. The predicted molar refractivity (Wildman–Crippen MR) is 90.7 cm³/mol. The fraction of sp³-hybridized carbons (Fsp3) is 0.357. The Balaban J connectivity index is 2.11. The molecule has 0 bridgehead atoms. The lowest BCUT2D eigenvalue weighted by Gasteiger charge is -2.18. The van der Waals surface area contributed by atoms with Crippen molar-refractivity contribution in [1.82, 2.24) is 15.2 Å². The number of thiazole rings is 1. The third-order valence-corrected chi connectivity index (χ3v) is 5.13. The van der Waals surface area contributed by atoms with Gasteiger partial charge in [0.05, 0.1) is 15.8 Å². The van der Waals surface area contributed by atoms with Crippen molar-refractivity contribution in [2.45, 2.75) is 13.8 Å². The molecule has 2 amide bonds. The maximum Gasteiger partial charge on any atom is 0.273 e. The number of hydrogen-bond acceptors (Lipinski definition) is 5. The first-order valence-electron chi connectivity index (χ1n) is 6.82. The van der Waals surface area contributed by atoms with Gasteiger partial charge in [-0.25, -0.2) is 4.98 Å². The van der Waals surface area contributed by atoms with E-state index in [-0.39, 0.29) is 18.4 Å². The van der Waals surface area contributed by atoms with E-state index in [1.54, 1.807) is 11.4 Å². The highest BCUT2D eigenvalue weighted by molar-refractivity contribution is 7.23. The highest BCUT2D eigenvalue weighted by Gasteiger charge is 2.20. The number of rotatable bonds is 6. The molecule has 0 aromatic carbocycles. The third-order valence-electron chi connectivity index (χ3n) is 2.88. The molecule has 2 rings (SSSR count). The molecule has 0 radical (unpaired) electrons. The molecular formula is C14H16ClN3O2S2. The Morgan fingerprint density at radius 1 is 1.36 bits per heavy atom. The van der Waals surface area contributed by atoms with Crippen LogP contribution >= 0.6 is 34.3 Å². The minimum atomic E-state index is -0.237. The van der Waals surface area contributed by atoms with Crippen LogP contribution in [0.2, 0.25) is 4.34 Å². The van der Waals surface area contributed by atoms with Gasteiger partial charge in [-0.05, 0) is 26.0 Å². The maximum atomic E-state index is 12.4. The normalized spacial score (nSPS) is 10.5. The first-order chi connectivity index (χ1) is 10.5. The second-order valence-corrected chi connectivity index (χ2v) is 6.99. The number of carbonyl (C=O) groups excluding carboxylic acids is 2. The zero-order chi connectivity index (χ0) is 16.1. The Kier molecular flexibility index (Phi) is 5.93. The minimum Gasteiger partial charge on any atom is -0.355 e. The Morgan fingerprint density at radius 3 is 2.73 bits per heavy atom. The summed E-state index contributed by atoms with van der Waals surface area (Å²) >= 11 is 8.73. The van der Waals surface area contributed by atoms with Crippen molar-refractivity contribution in [2.24, 2.45) is 0 Å². The molecule has 0 atom stereocenters. The Bertz CT molecular complexity index is 669. The molecule has 2 aromatic rings. The lowest BCUT2D eigenvalue weighted by atomic mass is 10.3. The van der Waals surface area contributed by atoms with Crippen molar-refractivity contribution >= 4 is 46.1 Å². The Labute approximate surface area is 141 Å². The number of carbonyl (C=O) groups is 2. The van der Waals surface area contributed by atoms with Gasteiger partial charge in [0.2, 0.25) is 5.91 Å². The molecule has 118 valence electrons. The van der Waals surface area contributed by atoms with Crippen molar-refractivity contribution in [3.8, 4) is 9.88 Å². The molecule has 22 heavy (non-hydrogen) atoms. The molecule has 0 saturated carbocycles. The summed E-state index contributed by atoms with van der Waals surface area (Å²) in [6, 6.07) is 3.68. The molecule has 2 heterocycles. The summed E-state index contributed by atoms with van der Waals surface area (Å²) in [4.78, 5) is 30.8. The number of likely N-dealkylation sites (N-methyl/N-ethyl adjacent to an activating group) is 2. The highest BCUT2D eigenvalue weighted by Crippen LogP contribution is 2.33. The van der Waals surface area contributed by atoms with Crippen LogP contribution in [0.25, 0.3) is 9.88 Å². The number of nitrogens with one attached hydrogen (secondary N) is 1. The van der Waals surface area contributed by atoms with Crippen LogP contribution < -0.4 is 5.32 Å². The number of nitrogens with zero attached hydrogens (tertiary/aromatic N) is 2. The smallest absolute Gasteiger partial charge is 0.273 e. The summed E-state index contributed by atoms with van der Waals surface area (Å²) in [5, 5.41) is 5.16. The van der Waals surface area contributed by atoms with E-state index >= 15 is 0 Å². The first-order valence-corrected chi connectivity index (χ1v) is 8.89. The number of hydrogen-bond donors (Lipinski definition) is 1. The van der Waals surface area contributed by atoms with E-state index in [0.717, 1.165) is 9.88 Å². The van der Waals surface area contributed by atoms with E-state index in [1.807, 2.05) is 19.9 Å². The summed E-state index contributed by atoms with van der Waals surface area (Å²) in [5.41, 5.74) is 0.357. The van der Waals surface area contributed by atoms with Crippen molar-refractivity contribution in [2.75, 3.05) is 19.6 Å². The molecule has 1 N–H and O–H groups in total. The molecule has 0 aliphatic carbocycles. The quantitative estimate of drug-likeness (QED) is 0.863. The number of aromatic nitrogens is 1. The summed E-state index contributed by atoms with van der Waals surface area (Å²) in [6.07, 6.45) is 0. The van der Waals surface area contributed by atoms with Crippen LogP contribution in [0.3, 0.4) is 0 Å². The zero-order valence-electron chi connectivity index (χ0n) is 12.3. The van der Waals surface area contributed by atoms with E-state index in [0.29, 0.717) is 23.1 Å². The first kappa shape index (κ1) is 16.9.